The van der Waals surface area contributed by atoms with Gasteiger partial charge in [0, 0.05) is 0 Å². The van der Waals surface area contributed by atoms with Crippen molar-refractivity contribution in [3.8, 4) is 0 Å². The Bertz CT molecular complexity index is 165. The second-order valence-electron chi connectivity index (χ2n) is 4.42. The summed E-state index contributed by atoms with van der Waals surface area (Å²) in [6.07, 6.45) is 8.95. The van der Waals surface area contributed by atoms with Crippen LogP contribution < -0.4 is 0 Å². The number of hydrogen-bond donors (Lipinski definition) is 0. The summed E-state index contributed by atoms with van der Waals surface area (Å²) in [6.45, 7) is 11.1. The van der Waals surface area contributed by atoms with Crippen molar-refractivity contribution in [2.24, 2.45) is 5.41 Å². The normalized spacial score (nSPS) is 14.2. The van der Waals surface area contributed by atoms with Gasteiger partial charge in [0.1, 0.15) is 0 Å². The van der Waals surface area contributed by atoms with Crippen LogP contribution in [0.2, 0.25) is 0 Å². The van der Waals surface area contributed by atoms with Gasteiger partial charge in [-0.1, -0.05) is 51.5 Å². The maximum absolute atomic E-state index is 2.31. The molecule has 0 rings (SSSR count). The van der Waals surface area contributed by atoms with Gasteiger partial charge in [-0.15, -0.1) is 0 Å². The van der Waals surface area contributed by atoms with Crippen LogP contribution in [0.1, 0.15) is 47.5 Å². The Morgan fingerprint density at radius 3 is 2.17 bits per heavy atom. The molecule has 12 heavy (non-hydrogen) atoms. The molecule has 0 N–H and O–H groups in total. The zero-order chi connectivity index (χ0) is 9.61. The summed E-state index contributed by atoms with van der Waals surface area (Å²) in [5.41, 5.74) is 1.87. The second kappa shape index (κ2) is 5.18. The third-order valence-electron chi connectivity index (χ3n) is 1.58. The van der Waals surface area contributed by atoms with Crippen molar-refractivity contribution in [2.45, 2.75) is 47.5 Å². The Morgan fingerprint density at radius 2 is 1.83 bits per heavy atom. The van der Waals surface area contributed by atoms with Crippen LogP contribution in [0.3, 0.4) is 0 Å². The van der Waals surface area contributed by atoms with Crippen molar-refractivity contribution in [1.29, 1.82) is 0 Å². The van der Waals surface area contributed by atoms with Crippen molar-refractivity contribution >= 4 is 0 Å². The molecule has 0 aliphatic carbocycles. The van der Waals surface area contributed by atoms with Crippen LogP contribution in [-0.4, -0.2) is 0 Å². The molecule has 0 aromatic carbocycles. The Morgan fingerprint density at radius 1 is 1.25 bits per heavy atom. The van der Waals surface area contributed by atoms with E-state index >= 15 is 0 Å². The summed E-state index contributed by atoms with van der Waals surface area (Å²) >= 11 is 0. The molecule has 0 radical (unpaired) electrons. The van der Waals surface area contributed by atoms with Crippen LogP contribution in [0.5, 0.6) is 0 Å². The highest BCUT2D eigenvalue weighted by Gasteiger charge is 2.10. The van der Waals surface area contributed by atoms with E-state index < -0.39 is 0 Å². The van der Waals surface area contributed by atoms with Gasteiger partial charge >= 0.3 is 0 Å². The van der Waals surface area contributed by atoms with Gasteiger partial charge in [-0.2, -0.15) is 0 Å². The molecule has 0 aliphatic heterocycles. The number of allylic oxidation sites excluding steroid dienone is 4. The second-order valence-corrected chi connectivity index (χ2v) is 4.42. The zero-order valence-electron chi connectivity index (χ0n) is 9.15. The first kappa shape index (κ1) is 11.5. The van der Waals surface area contributed by atoms with Crippen LogP contribution in [0, 0.1) is 5.41 Å². The lowest BCUT2D eigenvalue weighted by Crippen LogP contribution is -2.05. The summed E-state index contributed by atoms with van der Waals surface area (Å²) in [6, 6.07) is 0. The fourth-order valence-corrected chi connectivity index (χ4v) is 1.29. The highest BCUT2D eigenvalue weighted by Crippen LogP contribution is 2.24. The molecule has 0 aliphatic rings. The highest BCUT2D eigenvalue weighted by molar-refractivity contribution is 5.19. The van der Waals surface area contributed by atoms with Crippen LogP contribution in [0.4, 0.5) is 0 Å². The molecule has 70 valence electrons. The Hall–Kier alpha value is -0.520. The lowest BCUT2D eigenvalue weighted by atomic mass is 9.87. The maximum Gasteiger partial charge on any atom is -0.0233 e. The fraction of sp³-hybridized carbons (Fsp3) is 0.667. The van der Waals surface area contributed by atoms with Gasteiger partial charge in [0.05, 0.1) is 0 Å². The van der Waals surface area contributed by atoms with Gasteiger partial charge < -0.3 is 0 Å². The standard InChI is InChI=1S/C12H22/c1-6-8-11(9-7-2)10-12(3,4)5/h6,8-9H,7,10H2,1-5H3/b8-6-,11-9+. The molecule has 0 aromatic rings. The predicted octanol–water partition coefficient (Wildman–Crippen LogP) is 4.34. The van der Waals surface area contributed by atoms with E-state index in [9.17, 15) is 0 Å². The molecule has 0 atom stereocenters. The Kier molecular flexibility index (Phi) is 4.96. The van der Waals surface area contributed by atoms with E-state index in [2.05, 4.69) is 52.8 Å². The molecule has 0 unspecified atom stereocenters. The third kappa shape index (κ3) is 6.21. The molecular formula is C12H22. The van der Waals surface area contributed by atoms with E-state index in [1.807, 2.05) is 0 Å². The van der Waals surface area contributed by atoms with Gasteiger partial charge in [0.25, 0.3) is 0 Å². The molecule has 0 bridgehead atoms. The van der Waals surface area contributed by atoms with E-state index in [-0.39, 0.29) is 0 Å². The van der Waals surface area contributed by atoms with E-state index in [0.717, 1.165) is 6.42 Å². The third-order valence-corrected chi connectivity index (χ3v) is 1.58. The molecule has 0 nitrogen and oxygen atoms in total. The average Bonchev–Trinajstić information content (AvgIpc) is 1.84. The minimum absolute atomic E-state index is 0.403. The van der Waals surface area contributed by atoms with E-state index in [1.54, 1.807) is 0 Å². The summed E-state index contributed by atoms with van der Waals surface area (Å²) < 4.78 is 0. The van der Waals surface area contributed by atoms with E-state index in [0.29, 0.717) is 5.41 Å². The lowest BCUT2D eigenvalue weighted by Gasteiger charge is -2.18. The number of hydrogen-bond acceptors (Lipinski definition) is 0. The molecule has 0 heterocycles. The average molecular weight is 166 g/mol. The van der Waals surface area contributed by atoms with Crippen molar-refractivity contribution in [2.75, 3.05) is 0 Å². The largest absolute Gasteiger partial charge is 0.0874 e. The smallest absolute Gasteiger partial charge is 0.0233 e. The summed E-state index contributed by atoms with van der Waals surface area (Å²) in [5, 5.41) is 0. The maximum atomic E-state index is 2.31. The molecule has 0 heteroatoms. The zero-order valence-corrected chi connectivity index (χ0v) is 9.15. The van der Waals surface area contributed by atoms with Crippen molar-refractivity contribution < 1.29 is 0 Å². The topological polar surface area (TPSA) is 0 Å². The van der Waals surface area contributed by atoms with Gasteiger partial charge in [-0.3, -0.25) is 0 Å². The minimum Gasteiger partial charge on any atom is -0.0874 e. The van der Waals surface area contributed by atoms with E-state index in [1.165, 1.54) is 12.0 Å². The first-order valence-corrected chi connectivity index (χ1v) is 4.81. The fourth-order valence-electron chi connectivity index (χ4n) is 1.29. The molecule has 0 amide bonds. The van der Waals surface area contributed by atoms with Crippen LogP contribution in [-0.2, 0) is 0 Å². The quantitative estimate of drug-likeness (QED) is 0.547. The van der Waals surface area contributed by atoms with Crippen LogP contribution >= 0.6 is 0 Å². The first-order chi connectivity index (χ1) is 5.49. The van der Waals surface area contributed by atoms with Gasteiger partial charge in [0.15, 0.2) is 0 Å². The monoisotopic (exact) mass is 166 g/mol. The van der Waals surface area contributed by atoms with Gasteiger partial charge in [-0.25, -0.2) is 0 Å². The Balaban J connectivity index is 4.25. The summed E-state index contributed by atoms with van der Waals surface area (Å²) in [5.74, 6) is 0. The molecule has 0 spiro atoms. The lowest BCUT2D eigenvalue weighted by molar-refractivity contribution is 0.413. The molecule has 0 aromatic heterocycles. The first-order valence-electron chi connectivity index (χ1n) is 4.81. The molecule has 0 saturated carbocycles. The van der Waals surface area contributed by atoms with Crippen molar-refractivity contribution in [1.82, 2.24) is 0 Å². The SMILES string of the molecule is C/C=C\C(=C/CC)CC(C)(C)C. The van der Waals surface area contributed by atoms with E-state index in [4.69, 9.17) is 0 Å². The summed E-state index contributed by atoms with van der Waals surface area (Å²) in [4.78, 5) is 0. The minimum atomic E-state index is 0.403. The van der Waals surface area contributed by atoms with Crippen molar-refractivity contribution in [3.63, 3.8) is 0 Å². The van der Waals surface area contributed by atoms with Crippen molar-refractivity contribution in [3.05, 3.63) is 23.8 Å². The molecular weight excluding hydrogens is 144 g/mol. The predicted molar refractivity (Wildman–Crippen MR) is 57.3 cm³/mol. The highest BCUT2D eigenvalue weighted by atomic mass is 14.2. The molecule has 0 fully saturated rings. The van der Waals surface area contributed by atoms with Crippen LogP contribution in [0.25, 0.3) is 0 Å². The Labute approximate surface area is 77.4 Å². The number of rotatable bonds is 3. The van der Waals surface area contributed by atoms with Gasteiger partial charge in [-0.05, 0) is 25.2 Å². The summed E-state index contributed by atoms with van der Waals surface area (Å²) in [7, 11) is 0. The van der Waals surface area contributed by atoms with Gasteiger partial charge in [0.2, 0.25) is 0 Å². The molecule has 0 saturated heterocycles. The van der Waals surface area contributed by atoms with Crippen LogP contribution in [0.15, 0.2) is 23.8 Å².